The van der Waals surface area contributed by atoms with Gasteiger partial charge in [-0.1, -0.05) is 66.7 Å². The van der Waals surface area contributed by atoms with Gasteiger partial charge in [-0.05, 0) is 64.9 Å². The number of nitrogen functional groups attached to an aromatic ring is 1. The SMILES string of the molecule is N=C(N)c1ccc(CCC(=O)N2CCCc3cc(N(CC(=O)O)Cc4cccc5ccccc45)ccc32)cc1. The number of nitrogens with two attached hydrogens (primary N) is 1. The van der Waals surface area contributed by atoms with Gasteiger partial charge in [-0.3, -0.25) is 15.0 Å². The maximum Gasteiger partial charge on any atom is 0.323 e. The minimum absolute atomic E-state index is 0.0287. The van der Waals surface area contributed by atoms with E-state index in [2.05, 4.69) is 18.2 Å². The molecule has 4 aromatic carbocycles. The third kappa shape index (κ3) is 5.93. The van der Waals surface area contributed by atoms with E-state index in [0.29, 0.717) is 31.5 Å². The first-order valence-corrected chi connectivity index (χ1v) is 13.2. The van der Waals surface area contributed by atoms with Gasteiger partial charge in [0.05, 0.1) is 0 Å². The number of benzene rings is 4. The lowest BCUT2D eigenvalue weighted by atomic mass is 9.99. The molecule has 1 aliphatic rings. The predicted molar refractivity (Wildman–Crippen MR) is 156 cm³/mol. The van der Waals surface area contributed by atoms with Gasteiger partial charge in [-0.2, -0.15) is 0 Å². The molecule has 1 heterocycles. The second-order valence-electron chi connectivity index (χ2n) is 9.96. The summed E-state index contributed by atoms with van der Waals surface area (Å²) in [5.41, 5.74) is 11.1. The number of hydrogen-bond acceptors (Lipinski definition) is 4. The number of aliphatic carboxylic acids is 1. The standard InChI is InChI=1S/C32H32N4O3/c33-32(34)24-13-10-22(11-14-24)12-17-30(37)36-18-4-8-25-19-27(15-16-29(25)36)35(21-31(38)39)20-26-7-3-6-23-5-1-2-9-28(23)26/h1-3,5-7,9-11,13-16,19H,4,8,12,17-18,20-21H2,(H3,33,34)(H,38,39). The van der Waals surface area contributed by atoms with Crippen LogP contribution >= 0.6 is 0 Å². The number of nitrogens with one attached hydrogen (secondary N) is 1. The molecule has 0 bridgehead atoms. The number of carboxylic acid groups (broad SMARTS) is 1. The molecule has 0 unspecified atom stereocenters. The third-order valence-corrected chi connectivity index (χ3v) is 7.31. The summed E-state index contributed by atoms with van der Waals surface area (Å²) in [6.07, 6.45) is 2.69. The van der Waals surface area contributed by atoms with Crippen molar-refractivity contribution in [2.24, 2.45) is 5.73 Å². The average molecular weight is 521 g/mol. The van der Waals surface area contributed by atoms with Crippen LogP contribution in [-0.2, 0) is 29.0 Å². The van der Waals surface area contributed by atoms with E-state index in [1.165, 1.54) is 0 Å². The van der Waals surface area contributed by atoms with E-state index in [9.17, 15) is 14.7 Å². The van der Waals surface area contributed by atoms with E-state index < -0.39 is 5.97 Å². The van der Waals surface area contributed by atoms with Crippen LogP contribution in [0.25, 0.3) is 10.8 Å². The van der Waals surface area contributed by atoms with E-state index in [1.807, 2.05) is 64.4 Å². The fourth-order valence-electron chi connectivity index (χ4n) is 5.31. The fraction of sp³-hybridized carbons (Fsp3) is 0.219. The Morgan fingerprint density at radius 2 is 1.74 bits per heavy atom. The Hall–Kier alpha value is -4.65. The molecule has 0 spiro atoms. The number of fused-ring (bicyclic) bond motifs is 2. The molecule has 4 aromatic rings. The largest absolute Gasteiger partial charge is 0.480 e. The quantitative estimate of drug-likeness (QED) is 0.209. The predicted octanol–water partition coefficient (Wildman–Crippen LogP) is 5.13. The highest BCUT2D eigenvalue weighted by Gasteiger charge is 2.24. The van der Waals surface area contributed by atoms with Crippen LogP contribution in [0.5, 0.6) is 0 Å². The number of anilines is 2. The van der Waals surface area contributed by atoms with Crippen LogP contribution in [0.2, 0.25) is 0 Å². The molecular formula is C32H32N4O3. The van der Waals surface area contributed by atoms with E-state index in [4.69, 9.17) is 11.1 Å². The van der Waals surface area contributed by atoms with Crippen molar-refractivity contribution in [1.82, 2.24) is 0 Å². The van der Waals surface area contributed by atoms with Crippen LogP contribution in [0.3, 0.4) is 0 Å². The Kier molecular flexibility index (Phi) is 7.59. The van der Waals surface area contributed by atoms with E-state index in [-0.39, 0.29) is 18.3 Å². The second kappa shape index (κ2) is 11.4. The summed E-state index contributed by atoms with van der Waals surface area (Å²) in [7, 11) is 0. The van der Waals surface area contributed by atoms with E-state index >= 15 is 0 Å². The summed E-state index contributed by atoms with van der Waals surface area (Å²) in [6.45, 7) is 1.02. The van der Waals surface area contributed by atoms with Crippen molar-refractivity contribution in [3.05, 3.63) is 107 Å². The summed E-state index contributed by atoms with van der Waals surface area (Å²) in [5.74, 6) is -0.792. The van der Waals surface area contributed by atoms with Gasteiger partial charge in [0.25, 0.3) is 0 Å². The van der Waals surface area contributed by atoms with E-state index in [1.54, 1.807) is 12.1 Å². The lowest BCUT2D eigenvalue weighted by molar-refractivity contribution is -0.135. The monoisotopic (exact) mass is 520 g/mol. The number of carboxylic acids is 1. The number of aryl methyl sites for hydroxylation is 2. The minimum atomic E-state index is -0.888. The normalized spacial score (nSPS) is 12.7. The highest BCUT2D eigenvalue weighted by molar-refractivity contribution is 5.96. The van der Waals surface area contributed by atoms with Crippen LogP contribution in [-0.4, -0.2) is 35.9 Å². The van der Waals surface area contributed by atoms with Crippen LogP contribution in [0.15, 0.2) is 84.9 Å². The smallest absolute Gasteiger partial charge is 0.323 e. The number of nitrogens with zero attached hydrogens (tertiary/aromatic N) is 2. The van der Waals surface area contributed by atoms with Gasteiger partial charge in [-0.25, -0.2) is 0 Å². The first kappa shape index (κ1) is 26.0. The fourth-order valence-corrected chi connectivity index (χ4v) is 5.31. The molecule has 7 nitrogen and oxygen atoms in total. The molecule has 0 atom stereocenters. The zero-order chi connectivity index (χ0) is 27.4. The molecule has 4 N–H and O–H groups in total. The number of carbonyl (C=O) groups excluding carboxylic acids is 1. The summed E-state index contributed by atoms with van der Waals surface area (Å²) in [6, 6.07) is 27.6. The Balaban J connectivity index is 1.34. The number of rotatable bonds is 9. The van der Waals surface area contributed by atoms with Gasteiger partial charge in [-0.15, -0.1) is 0 Å². The second-order valence-corrected chi connectivity index (χ2v) is 9.96. The third-order valence-electron chi connectivity index (χ3n) is 7.31. The lowest BCUT2D eigenvalue weighted by Gasteiger charge is -2.32. The van der Waals surface area contributed by atoms with Crippen LogP contribution in [0.1, 0.15) is 35.1 Å². The molecule has 198 valence electrons. The molecule has 0 aliphatic carbocycles. The van der Waals surface area contributed by atoms with Gasteiger partial charge in [0.2, 0.25) is 5.91 Å². The molecule has 1 amide bonds. The van der Waals surface area contributed by atoms with Crippen molar-refractivity contribution < 1.29 is 14.7 Å². The van der Waals surface area contributed by atoms with Gasteiger partial charge in [0.1, 0.15) is 12.4 Å². The van der Waals surface area contributed by atoms with Crippen molar-refractivity contribution in [2.75, 3.05) is 22.9 Å². The van der Waals surface area contributed by atoms with Crippen LogP contribution < -0.4 is 15.5 Å². The molecule has 0 radical (unpaired) electrons. The first-order valence-electron chi connectivity index (χ1n) is 13.2. The molecular weight excluding hydrogens is 488 g/mol. The van der Waals surface area contributed by atoms with Crippen molar-refractivity contribution >= 4 is 39.9 Å². The molecule has 7 heteroatoms. The highest BCUT2D eigenvalue weighted by Crippen LogP contribution is 2.33. The number of amides is 1. The topological polar surface area (TPSA) is 111 Å². The van der Waals surface area contributed by atoms with Crippen molar-refractivity contribution in [1.29, 1.82) is 5.41 Å². The zero-order valence-electron chi connectivity index (χ0n) is 21.8. The number of carbonyl (C=O) groups is 2. The lowest BCUT2D eigenvalue weighted by Crippen LogP contribution is -2.36. The van der Waals surface area contributed by atoms with Gasteiger partial charge >= 0.3 is 5.97 Å². The molecule has 5 rings (SSSR count). The minimum Gasteiger partial charge on any atom is -0.480 e. The Morgan fingerprint density at radius 1 is 0.974 bits per heavy atom. The van der Waals surface area contributed by atoms with Gasteiger partial charge in [0.15, 0.2) is 0 Å². The van der Waals surface area contributed by atoms with Gasteiger partial charge < -0.3 is 20.6 Å². The summed E-state index contributed by atoms with van der Waals surface area (Å²) < 4.78 is 0. The molecule has 39 heavy (non-hydrogen) atoms. The van der Waals surface area contributed by atoms with Crippen molar-refractivity contribution in [3.8, 4) is 0 Å². The maximum absolute atomic E-state index is 13.2. The molecule has 1 aliphatic heterocycles. The van der Waals surface area contributed by atoms with Gasteiger partial charge in [0, 0.05) is 36.4 Å². The molecule has 0 aromatic heterocycles. The summed E-state index contributed by atoms with van der Waals surface area (Å²) >= 11 is 0. The van der Waals surface area contributed by atoms with Crippen molar-refractivity contribution in [3.63, 3.8) is 0 Å². The van der Waals surface area contributed by atoms with Crippen LogP contribution in [0, 0.1) is 5.41 Å². The van der Waals surface area contributed by atoms with Crippen LogP contribution in [0.4, 0.5) is 11.4 Å². The van der Waals surface area contributed by atoms with E-state index in [0.717, 1.165) is 51.7 Å². The number of amidine groups is 1. The maximum atomic E-state index is 13.2. The molecule has 0 fully saturated rings. The summed E-state index contributed by atoms with van der Waals surface area (Å²) in [5, 5.41) is 19.4. The Labute approximate surface area is 228 Å². The zero-order valence-corrected chi connectivity index (χ0v) is 21.8. The highest BCUT2D eigenvalue weighted by atomic mass is 16.4. The Bertz CT molecular complexity index is 1530. The van der Waals surface area contributed by atoms with Crippen molar-refractivity contribution in [2.45, 2.75) is 32.2 Å². The number of hydrogen-bond donors (Lipinski definition) is 3. The first-order chi connectivity index (χ1) is 18.9. The average Bonchev–Trinajstić information content (AvgIpc) is 2.95. The molecule has 0 saturated heterocycles. The Morgan fingerprint density at radius 3 is 2.51 bits per heavy atom. The molecule has 0 saturated carbocycles. The summed E-state index contributed by atoms with van der Waals surface area (Å²) in [4.78, 5) is 28.8.